The molecule has 0 radical (unpaired) electrons. The molecule has 21 heavy (non-hydrogen) atoms. The fraction of sp³-hybridized carbons (Fsp3) is 0.231. The summed E-state index contributed by atoms with van der Waals surface area (Å²) < 4.78 is 1.31. The van der Waals surface area contributed by atoms with Crippen molar-refractivity contribution in [2.45, 2.75) is 20.4 Å². The molecule has 0 unspecified atom stereocenters. The number of ketones is 1. The van der Waals surface area contributed by atoms with Crippen LogP contribution in [0.1, 0.15) is 21.7 Å². The zero-order chi connectivity index (χ0) is 15.7. The number of hydrogen-bond acceptors (Lipinski definition) is 4. The van der Waals surface area contributed by atoms with E-state index >= 15 is 0 Å². The molecule has 1 heterocycles. The van der Waals surface area contributed by atoms with Gasteiger partial charge in [0.1, 0.15) is 17.9 Å². The van der Waals surface area contributed by atoms with Crippen molar-refractivity contribution < 1.29 is 9.72 Å². The van der Waals surface area contributed by atoms with E-state index in [-0.39, 0.29) is 28.7 Å². The molecule has 1 aromatic heterocycles. The van der Waals surface area contributed by atoms with E-state index < -0.39 is 4.92 Å². The minimum atomic E-state index is -0.506. The highest BCUT2D eigenvalue weighted by Gasteiger charge is 2.23. The van der Waals surface area contributed by atoms with Crippen LogP contribution in [0.25, 0.3) is 0 Å². The predicted octanol–water partition coefficient (Wildman–Crippen LogP) is 3.60. The SMILES string of the molecule is Cc1nn(CC(=O)c2ccc(Cl)cc2Cl)c(C)c1[N+](=O)[O-]. The fourth-order valence-electron chi connectivity index (χ4n) is 2.04. The Hall–Kier alpha value is -1.92. The van der Waals surface area contributed by atoms with E-state index in [1.807, 2.05) is 0 Å². The fourth-order valence-corrected chi connectivity index (χ4v) is 2.56. The summed E-state index contributed by atoms with van der Waals surface area (Å²) in [4.78, 5) is 22.7. The standard InChI is InChI=1S/C13H11Cl2N3O3/c1-7-13(18(20)21)8(2)17(16-7)6-12(19)10-4-3-9(14)5-11(10)15/h3-5H,6H2,1-2H3. The van der Waals surface area contributed by atoms with Crippen molar-refractivity contribution in [2.24, 2.45) is 0 Å². The maximum Gasteiger partial charge on any atom is 0.312 e. The van der Waals surface area contributed by atoms with Gasteiger partial charge in [-0.05, 0) is 32.0 Å². The van der Waals surface area contributed by atoms with Gasteiger partial charge in [-0.15, -0.1) is 0 Å². The molecule has 0 N–H and O–H groups in total. The highest BCUT2D eigenvalue weighted by Crippen LogP contribution is 2.24. The number of halogens is 2. The third-order valence-corrected chi connectivity index (χ3v) is 3.60. The second-order valence-corrected chi connectivity index (χ2v) is 5.33. The Balaban J connectivity index is 2.32. The van der Waals surface area contributed by atoms with Crippen molar-refractivity contribution in [3.8, 4) is 0 Å². The van der Waals surface area contributed by atoms with Crippen molar-refractivity contribution in [2.75, 3.05) is 0 Å². The molecule has 110 valence electrons. The number of Topliss-reactive ketones (excluding diaryl/α,β-unsaturated/α-hetero) is 1. The van der Waals surface area contributed by atoms with Gasteiger partial charge in [-0.2, -0.15) is 5.10 Å². The first-order valence-electron chi connectivity index (χ1n) is 5.98. The molecule has 1 aromatic carbocycles. The molecule has 0 aliphatic heterocycles. The number of nitro groups is 1. The zero-order valence-electron chi connectivity index (χ0n) is 11.3. The molecule has 0 spiro atoms. The van der Waals surface area contributed by atoms with Crippen molar-refractivity contribution in [1.29, 1.82) is 0 Å². The van der Waals surface area contributed by atoms with Crippen molar-refractivity contribution in [1.82, 2.24) is 9.78 Å². The van der Waals surface area contributed by atoms with Gasteiger partial charge in [0, 0.05) is 10.6 Å². The molecule has 6 nitrogen and oxygen atoms in total. The summed E-state index contributed by atoms with van der Waals surface area (Å²) in [6.07, 6.45) is 0. The summed E-state index contributed by atoms with van der Waals surface area (Å²) in [5.74, 6) is -0.294. The van der Waals surface area contributed by atoms with Crippen molar-refractivity contribution in [3.05, 3.63) is 55.3 Å². The minimum Gasteiger partial charge on any atom is -0.292 e. The van der Waals surface area contributed by atoms with Gasteiger partial charge in [-0.25, -0.2) is 0 Å². The van der Waals surface area contributed by atoms with E-state index in [0.29, 0.717) is 16.3 Å². The number of nitrogens with zero attached hydrogens (tertiary/aromatic N) is 3. The van der Waals surface area contributed by atoms with Gasteiger partial charge in [0.25, 0.3) is 0 Å². The molecule has 8 heteroatoms. The van der Waals surface area contributed by atoms with Crippen LogP contribution in [0.2, 0.25) is 10.0 Å². The molecule has 0 atom stereocenters. The number of rotatable bonds is 4. The molecule has 0 fully saturated rings. The molecule has 2 aromatic rings. The number of carbonyl (C=O) groups is 1. The van der Waals surface area contributed by atoms with E-state index in [1.54, 1.807) is 13.0 Å². The summed E-state index contributed by atoms with van der Waals surface area (Å²) >= 11 is 11.8. The summed E-state index contributed by atoms with van der Waals surface area (Å²) in [7, 11) is 0. The lowest BCUT2D eigenvalue weighted by Gasteiger charge is -2.05. The summed E-state index contributed by atoms with van der Waals surface area (Å²) in [5.41, 5.74) is 0.824. The minimum absolute atomic E-state index is 0.0787. The number of hydrogen-bond donors (Lipinski definition) is 0. The van der Waals surface area contributed by atoms with Crippen LogP contribution >= 0.6 is 23.2 Å². The van der Waals surface area contributed by atoms with Crippen LogP contribution in [0.15, 0.2) is 18.2 Å². The Bertz CT molecular complexity index is 741. The van der Waals surface area contributed by atoms with Crippen LogP contribution in [-0.4, -0.2) is 20.5 Å². The van der Waals surface area contributed by atoms with Crippen LogP contribution in [-0.2, 0) is 6.54 Å². The van der Waals surface area contributed by atoms with Gasteiger partial charge in [0.2, 0.25) is 0 Å². The van der Waals surface area contributed by atoms with Gasteiger partial charge in [-0.1, -0.05) is 23.2 Å². The van der Waals surface area contributed by atoms with Gasteiger partial charge in [0.05, 0.1) is 9.95 Å². The molecule has 0 aliphatic rings. The lowest BCUT2D eigenvalue weighted by molar-refractivity contribution is -0.386. The first-order valence-corrected chi connectivity index (χ1v) is 6.73. The van der Waals surface area contributed by atoms with E-state index in [4.69, 9.17) is 23.2 Å². The molecular formula is C13H11Cl2N3O3. The Morgan fingerprint density at radius 2 is 2.05 bits per heavy atom. The monoisotopic (exact) mass is 327 g/mol. The quantitative estimate of drug-likeness (QED) is 0.488. The number of aromatic nitrogens is 2. The predicted molar refractivity (Wildman–Crippen MR) is 79.1 cm³/mol. The smallest absolute Gasteiger partial charge is 0.292 e. The first-order chi connectivity index (χ1) is 9.81. The van der Waals surface area contributed by atoms with Crippen molar-refractivity contribution >= 4 is 34.7 Å². The maximum atomic E-state index is 12.2. The third kappa shape index (κ3) is 3.06. The topological polar surface area (TPSA) is 78.0 Å². The molecule has 0 saturated heterocycles. The molecule has 0 amide bonds. The van der Waals surface area contributed by atoms with Crippen molar-refractivity contribution in [3.63, 3.8) is 0 Å². The average Bonchev–Trinajstić information content (AvgIpc) is 2.63. The van der Waals surface area contributed by atoms with Crippen LogP contribution in [0.3, 0.4) is 0 Å². The van der Waals surface area contributed by atoms with E-state index in [0.717, 1.165) is 0 Å². The summed E-state index contributed by atoms with van der Waals surface area (Å²) in [5, 5.41) is 15.6. The molecular weight excluding hydrogens is 317 g/mol. The van der Waals surface area contributed by atoms with Gasteiger partial charge >= 0.3 is 5.69 Å². The Morgan fingerprint density at radius 3 is 2.57 bits per heavy atom. The largest absolute Gasteiger partial charge is 0.312 e. The highest BCUT2D eigenvalue weighted by molar-refractivity contribution is 6.36. The van der Waals surface area contributed by atoms with Crippen LogP contribution in [0, 0.1) is 24.0 Å². The van der Waals surface area contributed by atoms with E-state index in [2.05, 4.69) is 5.10 Å². The maximum absolute atomic E-state index is 12.2. The third-order valence-electron chi connectivity index (χ3n) is 3.05. The molecule has 0 bridgehead atoms. The number of aryl methyl sites for hydroxylation is 1. The lowest BCUT2D eigenvalue weighted by Crippen LogP contribution is -2.13. The Labute approximate surface area is 130 Å². The molecule has 2 rings (SSSR count). The number of carbonyl (C=O) groups excluding carboxylic acids is 1. The normalized spacial score (nSPS) is 10.7. The zero-order valence-corrected chi connectivity index (χ0v) is 12.8. The second-order valence-electron chi connectivity index (χ2n) is 4.48. The van der Waals surface area contributed by atoms with Gasteiger partial charge in [0.15, 0.2) is 5.78 Å². The highest BCUT2D eigenvalue weighted by atomic mass is 35.5. The van der Waals surface area contributed by atoms with E-state index in [1.165, 1.54) is 23.7 Å². The lowest BCUT2D eigenvalue weighted by atomic mass is 10.1. The van der Waals surface area contributed by atoms with Crippen LogP contribution in [0.4, 0.5) is 5.69 Å². The van der Waals surface area contributed by atoms with Gasteiger partial charge < -0.3 is 0 Å². The summed E-state index contributed by atoms with van der Waals surface area (Å²) in [6.45, 7) is 2.96. The first kappa shape index (κ1) is 15.5. The summed E-state index contributed by atoms with van der Waals surface area (Å²) in [6, 6.07) is 4.55. The average molecular weight is 328 g/mol. The Kier molecular flexibility index (Phi) is 4.29. The second kappa shape index (κ2) is 5.83. The van der Waals surface area contributed by atoms with Crippen LogP contribution < -0.4 is 0 Å². The van der Waals surface area contributed by atoms with Crippen LogP contribution in [0.5, 0.6) is 0 Å². The van der Waals surface area contributed by atoms with Gasteiger partial charge in [-0.3, -0.25) is 19.6 Å². The van der Waals surface area contributed by atoms with E-state index in [9.17, 15) is 14.9 Å². The number of benzene rings is 1. The molecule has 0 saturated carbocycles. The molecule has 0 aliphatic carbocycles. The Morgan fingerprint density at radius 1 is 1.38 bits per heavy atom.